The first-order valence-corrected chi connectivity index (χ1v) is 7.24. The lowest BCUT2D eigenvalue weighted by Gasteiger charge is -2.15. The normalized spacial score (nSPS) is 10.9. The summed E-state index contributed by atoms with van der Waals surface area (Å²) in [5, 5.41) is 10.3. The van der Waals surface area contributed by atoms with Crippen LogP contribution in [0, 0.1) is 0 Å². The quantitative estimate of drug-likeness (QED) is 0.879. The van der Waals surface area contributed by atoms with Crippen LogP contribution in [0.1, 0.15) is 29.7 Å². The van der Waals surface area contributed by atoms with Crippen LogP contribution in [0.4, 0.5) is 5.13 Å². The highest BCUT2D eigenvalue weighted by Crippen LogP contribution is 2.27. The van der Waals surface area contributed by atoms with E-state index in [4.69, 9.17) is 0 Å². The number of aryl methyl sites for hydroxylation is 2. The fourth-order valence-corrected chi connectivity index (χ4v) is 2.84. The standard InChI is InChI=1S/C13H20N4OS/c1-4-5-10-11(9-18)19-13(15-10)17(3)8-12-14-6-7-16(12)2/h6-7,18H,4-5,8-9H2,1-3H3. The summed E-state index contributed by atoms with van der Waals surface area (Å²) < 4.78 is 2.00. The van der Waals surface area contributed by atoms with E-state index in [2.05, 4.69) is 21.8 Å². The summed E-state index contributed by atoms with van der Waals surface area (Å²) >= 11 is 1.56. The smallest absolute Gasteiger partial charge is 0.186 e. The summed E-state index contributed by atoms with van der Waals surface area (Å²) in [6, 6.07) is 0. The lowest BCUT2D eigenvalue weighted by Crippen LogP contribution is -2.18. The molecule has 0 saturated carbocycles. The van der Waals surface area contributed by atoms with Crippen LogP contribution in [-0.2, 0) is 26.6 Å². The first-order chi connectivity index (χ1) is 9.15. The predicted molar refractivity (Wildman–Crippen MR) is 77.3 cm³/mol. The molecule has 0 bridgehead atoms. The number of hydrogen-bond donors (Lipinski definition) is 1. The van der Waals surface area contributed by atoms with Gasteiger partial charge in [-0.15, -0.1) is 0 Å². The predicted octanol–water partition coefficient (Wildman–Crippen LogP) is 1.96. The molecule has 0 atom stereocenters. The van der Waals surface area contributed by atoms with Gasteiger partial charge in [0.1, 0.15) is 5.82 Å². The van der Waals surface area contributed by atoms with Gasteiger partial charge >= 0.3 is 0 Å². The molecule has 1 N–H and O–H groups in total. The Kier molecular flexibility index (Phi) is 4.55. The van der Waals surface area contributed by atoms with E-state index in [1.165, 1.54) is 0 Å². The number of nitrogens with zero attached hydrogens (tertiary/aromatic N) is 4. The third-order valence-electron chi connectivity index (χ3n) is 3.02. The van der Waals surface area contributed by atoms with Crippen molar-refractivity contribution >= 4 is 16.5 Å². The van der Waals surface area contributed by atoms with Crippen LogP contribution in [0.2, 0.25) is 0 Å². The molecule has 5 nitrogen and oxygen atoms in total. The van der Waals surface area contributed by atoms with Crippen molar-refractivity contribution in [3.8, 4) is 0 Å². The van der Waals surface area contributed by atoms with Gasteiger partial charge < -0.3 is 14.6 Å². The molecule has 104 valence electrons. The van der Waals surface area contributed by atoms with Crippen molar-refractivity contribution in [3.05, 3.63) is 28.8 Å². The Labute approximate surface area is 117 Å². The molecular weight excluding hydrogens is 260 g/mol. The molecule has 2 rings (SSSR count). The summed E-state index contributed by atoms with van der Waals surface area (Å²) in [5.74, 6) is 1.00. The fourth-order valence-electron chi connectivity index (χ4n) is 1.92. The van der Waals surface area contributed by atoms with E-state index in [1.807, 2.05) is 24.9 Å². The average molecular weight is 280 g/mol. The Balaban J connectivity index is 2.14. The Bertz CT molecular complexity index is 534. The highest BCUT2D eigenvalue weighted by atomic mass is 32.1. The maximum absolute atomic E-state index is 9.38. The van der Waals surface area contributed by atoms with Gasteiger partial charge in [0.05, 0.1) is 23.7 Å². The SMILES string of the molecule is CCCc1nc(N(C)Cc2nccn2C)sc1CO. The maximum atomic E-state index is 9.38. The minimum Gasteiger partial charge on any atom is -0.391 e. The molecule has 0 unspecified atom stereocenters. The van der Waals surface area contributed by atoms with Crippen molar-refractivity contribution in [2.24, 2.45) is 7.05 Å². The Morgan fingerprint density at radius 1 is 1.47 bits per heavy atom. The first-order valence-electron chi connectivity index (χ1n) is 6.42. The van der Waals surface area contributed by atoms with Gasteiger partial charge in [-0.3, -0.25) is 0 Å². The summed E-state index contributed by atoms with van der Waals surface area (Å²) in [6.07, 6.45) is 5.70. The van der Waals surface area contributed by atoms with Gasteiger partial charge in [-0.1, -0.05) is 24.7 Å². The van der Waals surface area contributed by atoms with Crippen molar-refractivity contribution < 1.29 is 5.11 Å². The molecule has 0 aliphatic carbocycles. The monoisotopic (exact) mass is 280 g/mol. The summed E-state index contributed by atoms with van der Waals surface area (Å²) in [4.78, 5) is 12.0. The van der Waals surface area contributed by atoms with Crippen LogP contribution in [0.3, 0.4) is 0 Å². The van der Waals surface area contributed by atoms with E-state index in [0.29, 0.717) is 6.54 Å². The van der Waals surface area contributed by atoms with Gasteiger partial charge in [-0.05, 0) is 6.42 Å². The topological polar surface area (TPSA) is 54.2 Å². The number of anilines is 1. The molecule has 6 heteroatoms. The van der Waals surface area contributed by atoms with Gasteiger partial charge in [-0.2, -0.15) is 0 Å². The van der Waals surface area contributed by atoms with Gasteiger partial charge in [0.25, 0.3) is 0 Å². The molecule has 0 amide bonds. The average Bonchev–Trinajstić information content (AvgIpc) is 2.97. The second-order valence-electron chi connectivity index (χ2n) is 4.58. The van der Waals surface area contributed by atoms with E-state index < -0.39 is 0 Å². The Morgan fingerprint density at radius 2 is 2.26 bits per heavy atom. The number of rotatable bonds is 6. The molecule has 2 aromatic rings. The van der Waals surface area contributed by atoms with Crippen molar-refractivity contribution in [1.82, 2.24) is 14.5 Å². The minimum absolute atomic E-state index is 0.0727. The number of imidazole rings is 1. The van der Waals surface area contributed by atoms with E-state index in [9.17, 15) is 5.11 Å². The molecule has 0 fully saturated rings. The zero-order valence-electron chi connectivity index (χ0n) is 11.6. The van der Waals surface area contributed by atoms with Gasteiger partial charge in [0, 0.05) is 26.5 Å². The molecule has 0 aliphatic heterocycles. The molecule has 0 radical (unpaired) electrons. The van der Waals surface area contributed by atoms with E-state index in [0.717, 1.165) is 34.4 Å². The van der Waals surface area contributed by atoms with E-state index in [-0.39, 0.29) is 6.61 Å². The number of hydrogen-bond acceptors (Lipinski definition) is 5. The zero-order valence-corrected chi connectivity index (χ0v) is 12.4. The van der Waals surface area contributed by atoms with Crippen LogP contribution in [-0.4, -0.2) is 26.7 Å². The van der Waals surface area contributed by atoms with Crippen molar-refractivity contribution in [3.63, 3.8) is 0 Å². The second kappa shape index (κ2) is 6.16. The van der Waals surface area contributed by atoms with Crippen molar-refractivity contribution in [1.29, 1.82) is 0 Å². The molecule has 0 spiro atoms. The molecule has 0 aliphatic rings. The fraction of sp³-hybridized carbons (Fsp3) is 0.538. The van der Waals surface area contributed by atoms with Gasteiger partial charge in [-0.25, -0.2) is 9.97 Å². The molecule has 2 heterocycles. The Morgan fingerprint density at radius 3 is 2.84 bits per heavy atom. The second-order valence-corrected chi connectivity index (χ2v) is 5.65. The van der Waals surface area contributed by atoms with Crippen LogP contribution in [0.25, 0.3) is 0 Å². The first kappa shape index (κ1) is 14.0. The lowest BCUT2D eigenvalue weighted by atomic mass is 10.2. The van der Waals surface area contributed by atoms with Gasteiger partial charge in [0.15, 0.2) is 5.13 Å². The molecular formula is C13H20N4OS. The highest BCUT2D eigenvalue weighted by molar-refractivity contribution is 7.15. The summed E-state index contributed by atoms with van der Waals surface area (Å²) in [5.41, 5.74) is 1.02. The third kappa shape index (κ3) is 3.13. The molecule has 19 heavy (non-hydrogen) atoms. The summed E-state index contributed by atoms with van der Waals surface area (Å²) in [6.45, 7) is 2.91. The largest absolute Gasteiger partial charge is 0.391 e. The van der Waals surface area contributed by atoms with Crippen LogP contribution in [0.15, 0.2) is 12.4 Å². The third-order valence-corrected chi connectivity index (χ3v) is 4.22. The van der Waals surface area contributed by atoms with Crippen LogP contribution >= 0.6 is 11.3 Å². The van der Waals surface area contributed by atoms with E-state index >= 15 is 0 Å². The number of aliphatic hydroxyl groups is 1. The molecule has 0 saturated heterocycles. The Hall–Kier alpha value is -1.40. The molecule has 0 aromatic carbocycles. The summed E-state index contributed by atoms with van der Waals surface area (Å²) in [7, 11) is 3.99. The number of aliphatic hydroxyl groups excluding tert-OH is 1. The van der Waals surface area contributed by atoms with Crippen molar-refractivity contribution in [2.45, 2.75) is 32.9 Å². The minimum atomic E-state index is 0.0727. The molecule has 2 aromatic heterocycles. The van der Waals surface area contributed by atoms with Crippen molar-refractivity contribution in [2.75, 3.05) is 11.9 Å². The van der Waals surface area contributed by atoms with Gasteiger partial charge in [0.2, 0.25) is 0 Å². The highest BCUT2D eigenvalue weighted by Gasteiger charge is 2.14. The maximum Gasteiger partial charge on any atom is 0.186 e. The number of thiazole rings is 1. The number of aromatic nitrogens is 3. The van der Waals surface area contributed by atoms with E-state index in [1.54, 1.807) is 17.5 Å². The zero-order chi connectivity index (χ0) is 13.8. The van der Waals surface area contributed by atoms with Crippen LogP contribution in [0.5, 0.6) is 0 Å². The van der Waals surface area contributed by atoms with Crippen LogP contribution < -0.4 is 4.90 Å². The lowest BCUT2D eigenvalue weighted by molar-refractivity contribution is 0.284.